The molecule has 2 nitrogen and oxygen atoms in total. The van der Waals surface area contributed by atoms with E-state index in [0.29, 0.717) is 0 Å². The van der Waals surface area contributed by atoms with Gasteiger partial charge in [-0.25, -0.2) is 0 Å². The molecule has 0 aliphatic heterocycles. The Morgan fingerprint density at radius 1 is 0.340 bits per heavy atom. The molecule has 0 radical (unpaired) electrons. The van der Waals surface area contributed by atoms with Gasteiger partial charge in [0, 0.05) is 22.2 Å². The molecule has 0 unspecified atom stereocenters. The van der Waals surface area contributed by atoms with Gasteiger partial charge in [-0.2, -0.15) is 0 Å². The second kappa shape index (κ2) is 12.8. The number of anilines is 3. The molecule has 0 saturated carbocycles. The summed E-state index contributed by atoms with van der Waals surface area (Å²) in [5, 5.41) is 2.17. The molecule has 0 fully saturated rings. The molecule has 1 aromatic heterocycles. The Morgan fingerprint density at radius 2 is 0.880 bits per heavy atom. The molecule has 0 spiro atoms. The minimum atomic E-state index is 0.870. The minimum Gasteiger partial charge on any atom is -0.455 e. The predicted octanol–water partition coefficient (Wildman–Crippen LogP) is 13.7. The predicted molar refractivity (Wildman–Crippen MR) is 210 cm³/mol. The first-order valence-electron chi connectivity index (χ1n) is 17.0. The average Bonchev–Trinajstić information content (AvgIpc) is 3.60. The van der Waals surface area contributed by atoms with Crippen molar-refractivity contribution in [3.05, 3.63) is 200 Å². The zero-order valence-electron chi connectivity index (χ0n) is 27.4. The lowest BCUT2D eigenvalue weighted by Crippen LogP contribution is -2.12. The van der Waals surface area contributed by atoms with Gasteiger partial charge in [-0.15, -0.1) is 0 Å². The van der Waals surface area contributed by atoms with Crippen molar-refractivity contribution in [1.29, 1.82) is 0 Å². The van der Waals surface area contributed by atoms with Crippen LogP contribution < -0.4 is 4.90 Å². The van der Waals surface area contributed by atoms with E-state index in [0.717, 1.165) is 66.8 Å². The van der Waals surface area contributed by atoms with Gasteiger partial charge in [0.15, 0.2) is 0 Å². The number of hydrogen-bond donors (Lipinski definition) is 0. The van der Waals surface area contributed by atoms with Crippen molar-refractivity contribution in [2.24, 2.45) is 0 Å². The van der Waals surface area contributed by atoms with E-state index in [1.54, 1.807) is 0 Å². The summed E-state index contributed by atoms with van der Waals surface area (Å²) in [5.41, 5.74) is 14.2. The highest BCUT2D eigenvalue weighted by Gasteiger charge is 2.24. The van der Waals surface area contributed by atoms with Crippen LogP contribution in [0.15, 0.2) is 205 Å². The zero-order valence-corrected chi connectivity index (χ0v) is 27.4. The van der Waals surface area contributed by atoms with E-state index in [1.165, 1.54) is 16.7 Å². The van der Waals surface area contributed by atoms with Gasteiger partial charge in [-0.05, 0) is 75.8 Å². The third-order valence-corrected chi connectivity index (χ3v) is 9.47. The lowest BCUT2D eigenvalue weighted by Gasteiger charge is -2.29. The maximum Gasteiger partial charge on any atom is 0.145 e. The van der Waals surface area contributed by atoms with Gasteiger partial charge in [-0.3, -0.25) is 0 Å². The molecule has 0 N–H and O–H groups in total. The van der Waals surface area contributed by atoms with Crippen LogP contribution in [0.5, 0.6) is 0 Å². The Kier molecular flexibility index (Phi) is 7.53. The second-order valence-electron chi connectivity index (χ2n) is 12.5. The fraction of sp³-hybridized carbons (Fsp3) is 0. The number of fused-ring (bicyclic) bond motifs is 3. The highest BCUT2D eigenvalue weighted by atomic mass is 16.3. The standard InChI is InChI=1S/C48H33NO/c1-4-16-34(17-5-1)37-22-14-23-38(32-37)39-24-15-25-40(33-39)49(44-28-12-10-26-41(44)35-18-6-2-7-19-35)45-31-30-42(36-20-8-3-9-21-36)48-47(45)43-27-11-13-29-46(43)50-48/h1-33H. The van der Waals surface area contributed by atoms with Crippen molar-refractivity contribution in [2.75, 3.05) is 4.90 Å². The lowest BCUT2D eigenvalue weighted by molar-refractivity contribution is 0.670. The number of benzene rings is 8. The number of rotatable bonds is 7. The number of nitrogens with zero attached hydrogens (tertiary/aromatic N) is 1. The van der Waals surface area contributed by atoms with Gasteiger partial charge in [0.1, 0.15) is 11.2 Å². The maximum atomic E-state index is 6.74. The Labute approximate surface area is 292 Å². The molecular weight excluding hydrogens is 607 g/mol. The van der Waals surface area contributed by atoms with Gasteiger partial charge in [0.2, 0.25) is 0 Å². The first-order chi connectivity index (χ1) is 24.8. The second-order valence-corrected chi connectivity index (χ2v) is 12.5. The van der Waals surface area contributed by atoms with Gasteiger partial charge in [-0.1, -0.05) is 158 Å². The van der Waals surface area contributed by atoms with E-state index in [2.05, 4.69) is 199 Å². The molecule has 0 aliphatic rings. The fourth-order valence-corrected chi connectivity index (χ4v) is 7.11. The average molecular weight is 640 g/mol. The molecule has 8 aromatic carbocycles. The van der Waals surface area contributed by atoms with Gasteiger partial charge < -0.3 is 9.32 Å². The summed E-state index contributed by atoms with van der Waals surface area (Å²) in [6, 6.07) is 71.0. The van der Waals surface area contributed by atoms with Crippen LogP contribution in [-0.2, 0) is 0 Å². The van der Waals surface area contributed by atoms with Crippen LogP contribution in [-0.4, -0.2) is 0 Å². The summed E-state index contributed by atoms with van der Waals surface area (Å²) in [5.74, 6) is 0. The Bertz CT molecular complexity index is 2590. The van der Waals surface area contributed by atoms with E-state index in [4.69, 9.17) is 4.42 Å². The largest absolute Gasteiger partial charge is 0.455 e. The van der Waals surface area contributed by atoms with Crippen molar-refractivity contribution >= 4 is 39.0 Å². The molecule has 0 amide bonds. The van der Waals surface area contributed by atoms with Crippen molar-refractivity contribution < 1.29 is 4.42 Å². The molecule has 0 saturated heterocycles. The van der Waals surface area contributed by atoms with E-state index in [-0.39, 0.29) is 0 Å². The number of para-hydroxylation sites is 2. The van der Waals surface area contributed by atoms with E-state index in [9.17, 15) is 0 Å². The van der Waals surface area contributed by atoms with Crippen molar-refractivity contribution in [3.8, 4) is 44.5 Å². The Balaban J connectivity index is 1.30. The summed E-state index contributed by atoms with van der Waals surface area (Å²) >= 11 is 0. The number of furan rings is 1. The smallest absolute Gasteiger partial charge is 0.145 e. The summed E-state index contributed by atoms with van der Waals surface area (Å²) in [7, 11) is 0. The monoisotopic (exact) mass is 639 g/mol. The molecular formula is C48H33NO. The van der Waals surface area contributed by atoms with Crippen molar-refractivity contribution in [1.82, 2.24) is 0 Å². The summed E-state index contributed by atoms with van der Waals surface area (Å²) in [6.07, 6.45) is 0. The van der Waals surface area contributed by atoms with Crippen LogP contribution >= 0.6 is 0 Å². The van der Waals surface area contributed by atoms with Crippen LogP contribution in [0.3, 0.4) is 0 Å². The molecule has 2 heteroatoms. The van der Waals surface area contributed by atoms with Crippen LogP contribution in [0.25, 0.3) is 66.4 Å². The molecule has 0 atom stereocenters. The first kappa shape index (κ1) is 29.5. The van der Waals surface area contributed by atoms with Crippen LogP contribution in [0, 0.1) is 0 Å². The van der Waals surface area contributed by atoms with Gasteiger partial charge in [0.25, 0.3) is 0 Å². The highest BCUT2D eigenvalue weighted by Crippen LogP contribution is 2.48. The number of hydrogen-bond acceptors (Lipinski definition) is 2. The summed E-state index contributed by atoms with van der Waals surface area (Å²) in [6.45, 7) is 0. The maximum absolute atomic E-state index is 6.74. The normalized spacial score (nSPS) is 11.2. The third-order valence-electron chi connectivity index (χ3n) is 9.47. The first-order valence-corrected chi connectivity index (χ1v) is 17.0. The van der Waals surface area contributed by atoms with Crippen molar-refractivity contribution in [3.63, 3.8) is 0 Å². The molecule has 0 aliphatic carbocycles. The SMILES string of the molecule is c1ccc(-c2cccc(-c3cccc(N(c4ccccc4-c4ccccc4)c4ccc(-c5ccccc5)c5oc6ccccc6c45)c3)c2)cc1. The fourth-order valence-electron chi connectivity index (χ4n) is 7.11. The summed E-state index contributed by atoms with van der Waals surface area (Å²) < 4.78 is 6.74. The molecule has 50 heavy (non-hydrogen) atoms. The zero-order chi connectivity index (χ0) is 33.3. The van der Waals surface area contributed by atoms with E-state index >= 15 is 0 Å². The van der Waals surface area contributed by atoms with Crippen LogP contribution in [0.4, 0.5) is 17.1 Å². The molecule has 0 bridgehead atoms. The van der Waals surface area contributed by atoms with Crippen LogP contribution in [0.1, 0.15) is 0 Å². The molecule has 1 heterocycles. The quantitative estimate of drug-likeness (QED) is 0.173. The lowest BCUT2D eigenvalue weighted by atomic mass is 9.97. The summed E-state index contributed by atoms with van der Waals surface area (Å²) in [4.78, 5) is 2.41. The Hall–Kier alpha value is -6.64. The minimum absolute atomic E-state index is 0.870. The highest BCUT2D eigenvalue weighted by molar-refractivity contribution is 6.17. The molecule has 236 valence electrons. The molecule has 9 rings (SSSR count). The van der Waals surface area contributed by atoms with Crippen molar-refractivity contribution in [2.45, 2.75) is 0 Å². The van der Waals surface area contributed by atoms with E-state index in [1.807, 2.05) is 6.07 Å². The third kappa shape index (κ3) is 5.34. The van der Waals surface area contributed by atoms with Gasteiger partial charge in [0.05, 0.1) is 16.8 Å². The Morgan fingerprint density at radius 3 is 1.62 bits per heavy atom. The topological polar surface area (TPSA) is 16.4 Å². The van der Waals surface area contributed by atoms with E-state index < -0.39 is 0 Å². The van der Waals surface area contributed by atoms with Gasteiger partial charge >= 0.3 is 0 Å². The van der Waals surface area contributed by atoms with Crippen LogP contribution in [0.2, 0.25) is 0 Å². The molecule has 9 aromatic rings.